The molecule has 130 valence electrons. The lowest BCUT2D eigenvalue weighted by Crippen LogP contribution is -2.42. The van der Waals surface area contributed by atoms with Crippen LogP contribution in [0.15, 0.2) is 30.3 Å². The lowest BCUT2D eigenvalue weighted by molar-refractivity contribution is 0.100. The Morgan fingerprint density at radius 2 is 2.04 bits per heavy atom. The highest BCUT2D eigenvalue weighted by Gasteiger charge is 2.14. The van der Waals surface area contributed by atoms with Gasteiger partial charge >= 0.3 is 0 Å². The molecule has 6 heteroatoms. The molecule has 0 aliphatic heterocycles. The maximum Gasteiger partial charge on any atom is 0.128 e. The number of β-amino-alcohol motifs (C(OH)–C–C–N with tert-alkyl or cyclic N) is 1. The number of hydrogen-bond donors (Lipinski definition) is 3. The van der Waals surface area contributed by atoms with E-state index < -0.39 is 6.10 Å². The highest BCUT2D eigenvalue weighted by molar-refractivity contribution is 7.71. The number of benzene rings is 1. The van der Waals surface area contributed by atoms with Gasteiger partial charge in [0.25, 0.3) is 0 Å². The first-order valence-corrected chi connectivity index (χ1v) is 8.39. The minimum atomic E-state index is -0.590. The molecule has 1 unspecified atom stereocenters. The molecule has 2 aromatic rings. The van der Waals surface area contributed by atoms with Gasteiger partial charge in [0.1, 0.15) is 23.1 Å². The molecule has 3 N–H and O–H groups in total. The summed E-state index contributed by atoms with van der Waals surface area (Å²) in [6, 6.07) is 9.53. The predicted molar refractivity (Wildman–Crippen MR) is 98.9 cm³/mol. The summed E-state index contributed by atoms with van der Waals surface area (Å²) in [6.07, 6.45) is -0.590. The third-order valence-electron chi connectivity index (χ3n) is 3.44. The first-order chi connectivity index (χ1) is 11.3. The maximum atomic E-state index is 10.1. The van der Waals surface area contributed by atoms with E-state index in [9.17, 15) is 5.11 Å². The largest absolute Gasteiger partial charge is 0.490 e. The highest BCUT2D eigenvalue weighted by atomic mass is 32.1. The molecular weight excluding hydrogens is 322 g/mol. The Kier molecular flexibility index (Phi) is 6.10. The van der Waals surface area contributed by atoms with Crippen molar-refractivity contribution in [3.05, 3.63) is 40.5 Å². The summed E-state index contributed by atoms with van der Waals surface area (Å²) in [5.74, 6) is 0.688. The van der Waals surface area contributed by atoms with Crippen LogP contribution in [0.3, 0.4) is 0 Å². The fraction of sp³-hybridized carbons (Fsp3) is 0.444. The van der Waals surface area contributed by atoms with Gasteiger partial charge in [0.05, 0.1) is 5.69 Å². The van der Waals surface area contributed by atoms with Crippen LogP contribution in [0.25, 0.3) is 11.3 Å². The van der Waals surface area contributed by atoms with Gasteiger partial charge in [-0.3, -0.25) is 5.10 Å². The van der Waals surface area contributed by atoms with Crippen LogP contribution in [0.2, 0.25) is 0 Å². The molecule has 0 saturated heterocycles. The Labute approximate surface area is 148 Å². The number of aliphatic hydroxyl groups is 1. The van der Waals surface area contributed by atoms with Crippen molar-refractivity contribution >= 4 is 12.2 Å². The van der Waals surface area contributed by atoms with Gasteiger partial charge in [-0.2, -0.15) is 5.10 Å². The second kappa shape index (κ2) is 7.88. The Balaban J connectivity index is 2.11. The average Bonchev–Trinajstić information content (AvgIpc) is 2.51. The summed E-state index contributed by atoms with van der Waals surface area (Å²) in [4.78, 5) is 0. The second-order valence-electron chi connectivity index (χ2n) is 6.86. The molecule has 1 aromatic heterocycles. The van der Waals surface area contributed by atoms with Gasteiger partial charge in [0, 0.05) is 17.6 Å². The highest BCUT2D eigenvalue weighted by Crippen LogP contribution is 2.30. The van der Waals surface area contributed by atoms with E-state index in [0.29, 0.717) is 16.9 Å². The van der Waals surface area contributed by atoms with Crippen LogP contribution < -0.4 is 10.1 Å². The lowest BCUT2D eigenvalue weighted by atomic mass is 10.1. The maximum absolute atomic E-state index is 10.1. The molecule has 0 saturated carbocycles. The number of aromatic amines is 1. The summed E-state index contributed by atoms with van der Waals surface area (Å²) >= 11 is 5.10. The molecule has 0 radical (unpaired) electrons. The van der Waals surface area contributed by atoms with Gasteiger partial charge in [-0.15, -0.1) is 0 Å². The summed E-state index contributed by atoms with van der Waals surface area (Å²) in [5.41, 5.74) is 2.60. The smallest absolute Gasteiger partial charge is 0.128 e. The van der Waals surface area contributed by atoms with Gasteiger partial charge in [0.2, 0.25) is 0 Å². The summed E-state index contributed by atoms with van der Waals surface area (Å²) in [5, 5.41) is 20.5. The van der Waals surface area contributed by atoms with Crippen molar-refractivity contribution in [2.45, 2.75) is 39.3 Å². The number of nitrogens with one attached hydrogen (secondary N) is 2. The zero-order chi connectivity index (χ0) is 17.7. The number of rotatable bonds is 6. The van der Waals surface area contributed by atoms with Crippen LogP contribution in [0.4, 0.5) is 0 Å². The van der Waals surface area contributed by atoms with Crippen molar-refractivity contribution in [2.75, 3.05) is 13.2 Å². The molecule has 0 aliphatic carbocycles. The number of ether oxygens (including phenoxy) is 1. The topological polar surface area (TPSA) is 70.2 Å². The molecule has 5 nitrogen and oxygen atoms in total. The Hall–Kier alpha value is -1.76. The molecule has 0 bridgehead atoms. The van der Waals surface area contributed by atoms with E-state index in [4.69, 9.17) is 17.0 Å². The van der Waals surface area contributed by atoms with Crippen molar-refractivity contribution in [2.24, 2.45) is 0 Å². The average molecular weight is 347 g/mol. The predicted octanol–water partition coefficient (Wildman–Crippen LogP) is 3.24. The quantitative estimate of drug-likeness (QED) is 0.700. The third kappa shape index (κ3) is 5.40. The van der Waals surface area contributed by atoms with Crippen molar-refractivity contribution in [1.82, 2.24) is 15.5 Å². The van der Waals surface area contributed by atoms with Crippen LogP contribution in [0.5, 0.6) is 5.75 Å². The zero-order valence-electron chi connectivity index (χ0n) is 14.6. The molecule has 0 amide bonds. The summed E-state index contributed by atoms with van der Waals surface area (Å²) in [7, 11) is 0. The number of aryl methyl sites for hydroxylation is 1. The fourth-order valence-electron chi connectivity index (χ4n) is 2.23. The molecule has 0 fully saturated rings. The third-order valence-corrected chi connectivity index (χ3v) is 3.65. The van der Waals surface area contributed by atoms with Gasteiger partial charge in [0.15, 0.2) is 0 Å². The van der Waals surface area contributed by atoms with Crippen LogP contribution in [0, 0.1) is 11.6 Å². The van der Waals surface area contributed by atoms with Crippen LogP contribution in [-0.4, -0.2) is 40.1 Å². The SMILES string of the molecule is Cc1cc(=S)[nH]nc1-c1ccccc1OCC(O)CNC(C)(C)C. The molecule has 24 heavy (non-hydrogen) atoms. The van der Waals surface area contributed by atoms with Gasteiger partial charge in [-0.05, 0) is 51.5 Å². The Morgan fingerprint density at radius 3 is 2.71 bits per heavy atom. The Morgan fingerprint density at radius 1 is 1.33 bits per heavy atom. The Bertz CT molecular complexity index is 738. The molecule has 1 aromatic carbocycles. The summed E-state index contributed by atoms with van der Waals surface area (Å²) < 4.78 is 6.43. The van der Waals surface area contributed by atoms with Crippen molar-refractivity contribution in [1.29, 1.82) is 0 Å². The number of para-hydroxylation sites is 1. The molecule has 1 atom stereocenters. The number of aromatic nitrogens is 2. The normalized spacial score (nSPS) is 12.9. The number of aliphatic hydroxyl groups excluding tert-OH is 1. The lowest BCUT2D eigenvalue weighted by Gasteiger charge is -2.23. The van der Waals surface area contributed by atoms with Gasteiger partial charge in [-0.1, -0.05) is 24.4 Å². The van der Waals surface area contributed by atoms with Crippen molar-refractivity contribution in [3.8, 4) is 17.0 Å². The standard InChI is InChI=1S/C18H25N3O2S/c1-12-9-16(24)20-21-17(12)14-7-5-6-8-15(14)23-11-13(22)10-19-18(2,3)4/h5-9,13,19,22H,10-11H2,1-4H3,(H,20,24). The van der Waals surface area contributed by atoms with E-state index in [2.05, 4.69) is 36.3 Å². The molecule has 2 rings (SSSR count). The van der Waals surface area contributed by atoms with E-state index >= 15 is 0 Å². The minimum Gasteiger partial charge on any atom is -0.490 e. The van der Waals surface area contributed by atoms with Crippen LogP contribution >= 0.6 is 12.2 Å². The molecular formula is C18H25N3O2S. The number of H-pyrrole nitrogens is 1. The zero-order valence-corrected chi connectivity index (χ0v) is 15.4. The summed E-state index contributed by atoms with van der Waals surface area (Å²) in [6.45, 7) is 8.82. The van der Waals surface area contributed by atoms with Crippen molar-refractivity contribution < 1.29 is 9.84 Å². The second-order valence-corrected chi connectivity index (χ2v) is 7.30. The first-order valence-electron chi connectivity index (χ1n) is 7.98. The molecule has 0 spiro atoms. The van der Waals surface area contributed by atoms with E-state index in [-0.39, 0.29) is 12.1 Å². The monoisotopic (exact) mass is 347 g/mol. The molecule has 0 aliphatic rings. The number of hydrogen-bond acceptors (Lipinski definition) is 5. The van der Waals surface area contributed by atoms with Gasteiger partial charge < -0.3 is 15.2 Å². The van der Waals surface area contributed by atoms with E-state index in [1.54, 1.807) is 0 Å². The van der Waals surface area contributed by atoms with Crippen LogP contribution in [0.1, 0.15) is 26.3 Å². The fourth-order valence-corrected chi connectivity index (χ4v) is 2.45. The van der Waals surface area contributed by atoms with E-state index in [1.807, 2.05) is 37.3 Å². The van der Waals surface area contributed by atoms with Crippen molar-refractivity contribution in [3.63, 3.8) is 0 Å². The minimum absolute atomic E-state index is 0.0400. The van der Waals surface area contributed by atoms with E-state index in [1.165, 1.54) is 0 Å². The number of nitrogens with zero attached hydrogens (tertiary/aromatic N) is 1. The van der Waals surface area contributed by atoms with Gasteiger partial charge in [-0.25, -0.2) is 0 Å². The van der Waals surface area contributed by atoms with E-state index in [0.717, 1.165) is 16.8 Å². The molecule has 1 heterocycles. The van der Waals surface area contributed by atoms with Crippen LogP contribution in [-0.2, 0) is 0 Å². The first kappa shape index (κ1) is 18.6.